The van der Waals surface area contributed by atoms with Crippen LogP contribution in [0.4, 0.5) is 0 Å². The van der Waals surface area contributed by atoms with E-state index in [4.69, 9.17) is 5.73 Å². The van der Waals surface area contributed by atoms with Gasteiger partial charge in [0.05, 0.1) is 6.20 Å². The molecule has 0 aliphatic carbocycles. The van der Waals surface area contributed by atoms with E-state index in [0.717, 1.165) is 13.0 Å². The van der Waals surface area contributed by atoms with Gasteiger partial charge in [-0.15, -0.1) is 0 Å². The highest BCUT2D eigenvalue weighted by Crippen LogP contribution is 2.19. The number of rotatable bonds is 3. The summed E-state index contributed by atoms with van der Waals surface area (Å²) in [6.45, 7) is 3.93. The Morgan fingerprint density at radius 3 is 3.21 bits per heavy atom. The van der Waals surface area contributed by atoms with Crippen molar-refractivity contribution in [3.63, 3.8) is 0 Å². The Hall–Kier alpha value is -0.870. The summed E-state index contributed by atoms with van der Waals surface area (Å²) in [5.41, 5.74) is 8.08. The van der Waals surface area contributed by atoms with E-state index in [1.807, 2.05) is 6.20 Å². The third kappa shape index (κ3) is 1.67. The molecule has 1 aliphatic heterocycles. The molecule has 78 valence electrons. The van der Waals surface area contributed by atoms with Crippen molar-refractivity contribution in [3.8, 4) is 0 Å². The van der Waals surface area contributed by atoms with Crippen molar-refractivity contribution in [1.29, 1.82) is 0 Å². The van der Waals surface area contributed by atoms with Gasteiger partial charge in [0, 0.05) is 5.69 Å². The molecule has 0 amide bonds. The molecule has 4 nitrogen and oxygen atoms in total. The van der Waals surface area contributed by atoms with Crippen molar-refractivity contribution in [2.75, 3.05) is 13.1 Å². The van der Waals surface area contributed by atoms with Crippen LogP contribution < -0.4 is 11.1 Å². The molecule has 1 aromatic rings. The first-order chi connectivity index (χ1) is 6.83. The summed E-state index contributed by atoms with van der Waals surface area (Å²) < 4.78 is 2.10. The number of nitrogens with one attached hydrogen (secondary N) is 1. The molecular weight excluding hydrogens is 176 g/mol. The molecule has 1 aromatic heterocycles. The van der Waals surface area contributed by atoms with Gasteiger partial charge in [0.2, 0.25) is 0 Å². The topological polar surface area (TPSA) is 55.9 Å². The van der Waals surface area contributed by atoms with Crippen LogP contribution in [0, 0.1) is 6.92 Å². The Bertz CT molecular complexity index is 299. The molecule has 1 unspecified atom stereocenters. The van der Waals surface area contributed by atoms with Crippen LogP contribution in [0.3, 0.4) is 0 Å². The van der Waals surface area contributed by atoms with Crippen LogP contribution in [0.5, 0.6) is 0 Å². The second-order valence-corrected chi connectivity index (χ2v) is 3.85. The lowest BCUT2D eigenvalue weighted by Gasteiger charge is -2.13. The minimum Gasteiger partial charge on any atom is -0.330 e. The Balaban J connectivity index is 2.17. The first-order valence-corrected chi connectivity index (χ1v) is 5.29. The largest absolute Gasteiger partial charge is 0.330 e. The first kappa shape index (κ1) is 9.68. The molecule has 1 saturated heterocycles. The minimum atomic E-state index is 0.404. The van der Waals surface area contributed by atoms with E-state index in [1.165, 1.54) is 24.1 Å². The van der Waals surface area contributed by atoms with E-state index in [9.17, 15) is 0 Å². The Labute approximate surface area is 84.5 Å². The molecule has 3 N–H and O–H groups in total. The number of hydrogen-bond donors (Lipinski definition) is 2. The van der Waals surface area contributed by atoms with Crippen LogP contribution in [-0.4, -0.2) is 22.9 Å². The molecular formula is C10H18N4. The van der Waals surface area contributed by atoms with E-state index in [1.54, 1.807) is 0 Å². The van der Waals surface area contributed by atoms with Gasteiger partial charge in [-0.2, -0.15) is 5.10 Å². The first-order valence-electron chi connectivity index (χ1n) is 5.29. The molecule has 0 radical (unpaired) electrons. The fourth-order valence-corrected chi connectivity index (χ4v) is 2.05. The average molecular weight is 194 g/mol. The lowest BCUT2D eigenvalue weighted by molar-refractivity contribution is 0.416. The smallest absolute Gasteiger partial charge is 0.102 e. The van der Waals surface area contributed by atoms with Crippen LogP contribution in [-0.2, 0) is 6.42 Å². The number of aromatic nitrogens is 2. The van der Waals surface area contributed by atoms with E-state index in [0.29, 0.717) is 12.7 Å². The van der Waals surface area contributed by atoms with Crippen molar-refractivity contribution in [2.45, 2.75) is 32.4 Å². The minimum absolute atomic E-state index is 0.404. The highest BCUT2D eigenvalue weighted by Gasteiger charge is 2.18. The van der Waals surface area contributed by atoms with Crippen molar-refractivity contribution in [1.82, 2.24) is 15.1 Å². The van der Waals surface area contributed by atoms with Crippen LogP contribution in [0.25, 0.3) is 0 Å². The second-order valence-electron chi connectivity index (χ2n) is 3.85. The summed E-state index contributed by atoms with van der Waals surface area (Å²) in [4.78, 5) is 0. The average Bonchev–Trinajstić information content (AvgIpc) is 2.77. The molecule has 0 saturated carbocycles. The van der Waals surface area contributed by atoms with Gasteiger partial charge in [0.1, 0.15) is 6.17 Å². The number of nitrogens with two attached hydrogens (primary N) is 1. The van der Waals surface area contributed by atoms with Gasteiger partial charge in [0.15, 0.2) is 0 Å². The third-order valence-corrected chi connectivity index (χ3v) is 2.89. The summed E-state index contributed by atoms with van der Waals surface area (Å²) in [7, 11) is 0. The fraction of sp³-hybridized carbons (Fsp3) is 0.700. The summed E-state index contributed by atoms with van der Waals surface area (Å²) in [6, 6.07) is 0. The molecule has 0 spiro atoms. The summed E-state index contributed by atoms with van der Waals surface area (Å²) in [5.74, 6) is 0. The number of hydrogen-bond acceptors (Lipinski definition) is 3. The van der Waals surface area contributed by atoms with Gasteiger partial charge >= 0.3 is 0 Å². The molecule has 14 heavy (non-hydrogen) atoms. The predicted molar refractivity (Wildman–Crippen MR) is 56.0 cm³/mol. The molecule has 4 heteroatoms. The summed E-state index contributed by atoms with van der Waals surface area (Å²) >= 11 is 0. The van der Waals surface area contributed by atoms with E-state index in [-0.39, 0.29) is 0 Å². The van der Waals surface area contributed by atoms with Gasteiger partial charge in [-0.05, 0) is 44.8 Å². The van der Waals surface area contributed by atoms with E-state index < -0.39 is 0 Å². The zero-order chi connectivity index (χ0) is 9.97. The maximum absolute atomic E-state index is 5.54. The highest BCUT2D eigenvalue weighted by molar-refractivity contribution is 5.17. The molecule has 0 aromatic carbocycles. The quantitative estimate of drug-likeness (QED) is 0.740. The molecule has 1 fully saturated rings. The monoisotopic (exact) mass is 194 g/mol. The lowest BCUT2D eigenvalue weighted by atomic mass is 10.2. The summed E-state index contributed by atoms with van der Waals surface area (Å²) in [6.07, 6.45) is 5.71. The zero-order valence-corrected chi connectivity index (χ0v) is 8.66. The van der Waals surface area contributed by atoms with Crippen LogP contribution in [0.1, 0.15) is 30.3 Å². The normalized spacial score (nSPS) is 21.7. The highest BCUT2D eigenvalue weighted by atomic mass is 15.4. The standard InChI is InChI=1S/C10H18N4/c1-8-9(4-5-11)7-13-14(8)10-3-2-6-12-10/h7,10,12H,2-6,11H2,1H3. The van der Waals surface area contributed by atoms with Gasteiger partial charge in [-0.1, -0.05) is 0 Å². The Morgan fingerprint density at radius 1 is 1.71 bits per heavy atom. The maximum Gasteiger partial charge on any atom is 0.102 e. The van der Waals surface area contributed by atoms with Crippen molar-refractivity contribution in [3.05, 3.63) is 17.5 Å². The van der Waals surface area contributed by atoms with Crippen molar-refractivity contribution in [2.24, 2.45) is 5.73 Å². The van der Waals surface area contributed by atoms with Crippen LogP contribution in [0.2, 0.25) is 0 Å². The van der Waals surface area contributed by atoms with E-state index in [2.05, 4.69) is 22.0 Å². The van der Waals surface area contributed by atoms with Crippen molar-refractivity contribution < 1.29 is 0 Å². The lowest BCUT2D eigenvalue weighted by Crippen LogP contribution is -2.22. The van der Waals surface area contributed by atoms with Gasteiger partial charge in [-0.25, -0.2) is 0 Å². The van der Waals surface area contributed by atoms with Crippen molar-refractivity contribution >= 4 is 0 Å². The van der Waals surface area contributed by atoms with Gasteiger partial charge < -0.3 is 5.73 Å². The van der Waals surface area contributed by atoms with Crippen LogP contribution >= 0.6 is 0 Å². The molecule has 2 rings (SSSR count). The molecule has 0 bridgehead atoms. The third-order valence-electron chi connectivity index (χ3n) is 2.89. The zero-order valence-electron chi connectivity index (χ0n) is 8.66. The Morgan fingerprint density at radius 2 is 2.57 bits per heavy atom. The number of nitrogens with zero attached hydrogens (tertiary/aromatic N) is 2. The fourth-order valence-electron chi connectivity index (χ4n) is 2.05. The summed E-state index contributed by atoms with van der Waals surface area (Å²) in [5, 5.41) is 7.85. The molecule has 2 heterocycles. The SMILES string of the molecule is Cc1c(CCN)cnn1C1CCCN1. The molecule has 1 atom stereocenters. The predicted octanol–water partition coefficient (Wildman–Crippen LogP) is 0.575. The van der Waals surface area contributed by atoms with Crippen LogP contribution in [0.15, 0.2) is 6.20 Å². The Kier molecular flexibility index (Phi) is 2.84. The van der Waals surface area contributed by atoms with Gasteiger partial charge in [-0.3, -0.25) is 10.00 Å². The molecule has 1 aliphatic rings. The van der Waals surface area contributed by atoms with Gasteiger partial charge in [0.25, 0.3) is 0 Å². The maximum atomic E-state index is 5.54. The second kappa shape index (κ2) is 4.11. The van der Waals surface area contributed by atoms with E-state index >= 15 is 0 Å².